The Morgan fingerprint density at radius 1 is 1.00 bits per heavy atom. The molecule has 3 aromatic rings. The standard InChI is InChI=1S/C24H24F4N4O2S/c25-20-5-7-21(8-6-20)32-12-22(29-14-32)16-2-1-15-9-17-3-4-18(11-19(15)10-16)23(17)31-35(33,34)30-13-24(26,27)28/h1-2,5-8,10,12,14,17-18,23,30-31H,3-4,9,11,13H2/t17-,18+,23+/m0/s1. The zero-order valence-corrected chi connectivity index (χ0v) is 19.4. The largest absolute Gasteiger partial charge is 0.402 e. The van der Waals surface area contributed by atoms with Crippen molar-refractivity contribution in [2.24, 2.45) is 11.8 Å². The molecule has 6 nitrogen and oxygen atoms in total. The van der Waals surface area contributed by atoms with Crippen LogP contribution in [0.15, 0.2) is 55.0 Å². The lowest BCUT2D eigenvalue weighted by Crippen LogP contribution is -2.49. The van der Waals surface area contributed by atoms with Gasteiger partial charge in [0.05, 0.1) is 12.0 Å². The molecule has 0 amide bonds. The number of nitrogens with one attached hydrogen (secondary N) is 2. The van der Waals surface area contributed by atoms with Crippen molar-refractivity contribution in [3.05, 3.63) is 71.9 Å². The summed E-state index contributed by atoms with van der Waals surface area (Å²) < 4.78 is 81.2. The summed E-state index contributed by atoms with van der Waals surface area (Å²) in [6.45, 7) is -1.60. The molecule has 186 valence electrons. The van der Waals surface area contributed by atoms with Crippen LogP contribution in [0.4, 0.5) is 17.6 Å². The van der Waals surface area contributed by atoms with Gasteiger partial charge in [-0.2, -0.15) is 31.0 Å². The van der Waals surface area contributed by atoms with Gasteiger partial charge >= 0.3 is 6.18 Å². The summed E-state index contributed by atoms with van der Waals surface area (Å²) in [4.78, 5) is 4.49. The van der Waals surface area contributed by atoms with Crippen molar-refractivity contribution in [3.63, 3.8) is 0 Å². The maximum atomic E-state index is 13.2. The molecule has 2 aliphatic rings. The number of hydrogen-bond donors (Lipinski definition) is 2. The van der Waals surface area contributed by atoms with Crippen LogP contribution in [-0.4, -0.2) is 36.7 Å². The molecule has 1 saturated carbocycles. The Morgan fingerprint density at radius 2 is 1.69 bits per heavy atom. The number of aromatic nitrogens is 2. The molecule has 1 fully saturated rings. The number of fused-ring (bicyclic) bond motifs is 3. The Morgan fingerprint density at radius 3 is 2.37 bits per heavy atom. The molecule has 2 aliphatic carbocycles. The number of imidazole rings is 1. The Hall–Kier alpha value is -2.76. The summed E-state index contributed by atoms with van der Waals surface area (Å²) in [5.41, 5.74) is 4.66. The number of benzene rings is 2. The molecule has 0 unspecified atom stereocenters. The van der Waals surface area contributed by atoms with Crippen LogP contribution in [0.2, 0.25) is 0 Å². The Labute approximate surface area is 200 Å². The number of rotatable bonds is 6. The van der Waals surface area contributed by atoms with Gasteiger partial charge in [-0.05, 0) is 79.0 Å². The molecule has 1 aromatic heterocycles. The number of hydrogen-bond acceptors (Lipinski definition) is 3. The van der Waals surface area contributed by atoms with Crippen molar-refractivity contribution in [3.8, 4) is 16.9 Å². The van der Waals surface area contributed by atoms with Gasteiger partial charge in [0, 0.05) is 23.5 Å². The minimum atomic E-state index is -4.62. The molecule has 1 heterocycles. The van der Waals surface area contributed by atoms with E-state index < -0.39 is 29.0 Å². The first kappa shape index (κ1) is 24.0. The molecule has 35 heavy (non-hydrogen) atoms. The first-order chi connectivity index (χ1) is 16.6. The second-order valence-corrected chi connectivity index (χ2v) is 10.7. The fourth-order valence-electron chi connectivity index (χ4n) is 5.19. The predicted octanol–water partition coefficient (Wildman–Crippen LogP) is 4.16. The van der Waals surface area contributed by atoms with Gasteiger partial charge in [-0.25, -0.2) is 9.37 Å². The minimum absolute atomic E-state index is 0.00395. The van der Waals surface area contributed by atoms with E-state index in [1.807, 2.05) is 18.3 Å². The summed E-state index contributed by atoms with van der Waals surface area (Å²) in [5.74, 6) is -0.297. The van der Waals surface area contributed by atoms with Crippen LogP contribution in [0.1, 0.15) is 24.0 Å². The van der Waals surface area contributed by atoms with Crippen LogP contribution in [-0.2, 0) is 23.1 Å². The van der Waals surface area contributed by atoms with E-state index in [1.165, 1.54) is 12.1 Å². The molecular weight excluding hydrogens is 484 g/mol. The van der Waals surface area contributed by atoms with Crippen molar-refractivity contribution in [1.82, 2.24) is 19.0 Å². The lowest BCUT2D eigenvalue weighted by Gasteiger charge is -2.23. The maximum Gasteiger partial charge on any atom is 0.402 e. The van der Waals surface area contributed by atoms with E-state index in [4.69, 9.17) is 0 Å². The minimum Gasteiger partial charge on any atom is -0.306 e. The van der Waals surface area contributed by atoms with Gasteiger partial charge < -0.3 is 4.57 Å². The smallest absolute Gasteiger partial charge is 0.306 e. The molecule has 11 heteroatoms. The molecule has 0 radical (unpaired) electrons. The van der Waals surface area contributed by atoms with Gasteiger partial charge in [-0.3, -0.25) is 0 Å². The van der Waals surface area contributed by atoms with Crippen LogP contribution in [0, 0.1) is 17.7 Å². The quantitative estimate of drug-likeness (QED) is 0.491. The third-order valence-corrected chi connectivity index (χ3v) is 7.96. The number of nitrogens with zero attached hydrogens (tertiary/aromatic N) is 2. The van der Waals surface area contributed by atoms with E-state index in [0.717, 1.165) is 40.9 Å². The zero-order chi connectivity index (χ0) is 24.8. The molecule has 2 bridgehead atoms. The first-order valence-corrected chi connectivity index (χ1v) is 12.8. The van der Waals surface area contributed by atoms with E-state index in [1.54, 1.807) is 27.7 Å². The van der Waals surface area contributed by atoms with E-state index >= 15 is 0 Å². The van der Waals surface area contributed by atoms with Gasteiger partial charge in [0.25, 0.3) is 10.2 Å². The summed E-state index contributed by atoms with van der Waals surface area (Å²) in [7, 11) is -4.28. The average Bonchev–Trinajstić information content (AvgIpc) is 3.37. The topological polar surface area (TPSA) is 76.0 Å². The highest BCUT2D eigenvalue weighted by Crippen LogP contribution is 2.41. The van der Waals surface area contributed by atoms with Crippen LogP contribution in [0.5, 0.6) is 0 Å². The highest BCUT2D eigenvalue weighted by molar-refractivity contribution is 7.87. The molecule has 0 saturated heterocycles. The zero-order valence-electron chi connectivity index (χ0n) is 18.6. The van der Waals surface area contributed by atoms with Crippen LogP contribution in [0.25, 0.3) is 16.9 Å². The highest BCUT2D eigenvalue weighted by Gasteiger charge is 2.41. The van der Waals surface area contributed by atoms with Crippen LogP contribution >= 0.6 is 0 Å². The molecule has 2 N–H and O–H groups in total. The van der Waals surface area contributed by atoms with Crippen molar-refractivity contribution < 1.29 is 26.0 Å². The molecule has 2 aromatic carbocycles. The van der Waals surface area contributed by atoms with Gasteiger partial charge in [0.1, 0.15) is 12.4 Å². The summed E-state index contributed by atoms with van der Waals surface area (Å²) in [6, 6.07) is 11.7. The lowest BCUT2D eigenvalue weighted by molar-refractivity contribution is -0.121. The molecule has 5 rings (SSSR count). The highest BCUT2D eigenvalue weighted by atomic mass is 32.2. The average molecular weight is 509 g/mol. The van der Waals surface area contributed by atoms with Crippen molar-refractivity contribution in [1.29, 1.82) is 0 Å². The monoisotopic (exact) mass is 508 g/mol. The fourth-order valence-corrected chi connectivity index (χ4v) is 6.37. The van der Waals surface area contributed by atoms with Gasteiger partial charge in [-0.15, -0.1) is 0 Å². The third kappa shape index (κ3) is 5.41. The molecule has 0 aliphatic heterocycles. The Bertz CT molecular complexity index is 1320. The second kappa shape index (κ2) is 9.03. The van der Waals surface area contributed by atoms with Gasteiger partial charge in [0.2, 0.25) is 0 Å². The van der Waals surface area contributed by atoms with Crippen LogP contribution < -0.4 is 9.44 Å². The Balaban J connectivity index is 1.34. The summed E-state index contributed by atoms with van der Waals surface area (Å²) >= 11 is 0. The lowest BCUT2D eigenvalue weighted by atomic mass is 9.91. The van der Waals surface area contributed by atoms with Crippen molar-refractivity contribution in [2.45, 2.75) is 37.9 Å². The van der Waals surface area contributed by atoms with E-state index in [0.29, 0.717) is 12.8 Å². The van der Waals surface area contributed by atoms with E-state index in [2.05, 4.69) is 15.8 Å². The fraction of sp³-hybridized carbons (Fsp3) is 0.375. The Kier molecular flexibility index (Phi) is 6.18. The van der Waals surface area contributed by atoms with Gasteiger partial charge in [0.15, 0.2) is 0 Å². The molecule has 0 spiro atoms. The second-order valence-electron chi connectivity index (χ2n) is 9.22. The summed E-state index contributed by atoms with van der Waals surface area (Å²) in [5, 5.41) is 0. The summed E-state index contributed by atoms with van der Waals surface area (Å²) in [6.07, 6.45) is 1.82. The van der Waals surface area contributed by atoms with E-state index in [-0.39, 0.29) is 17.7 Å². The van der Waals surface area contributed by atoms with E-state index in [9.17, 15) is 26.0 Å². The first-order valence-electron chi connectivity index (χ1n) is 11.3. The van der Waals surface area contributed by atoms with Crippen LogP contribution in [0.3, 0.4) is 0 Å². The SMILES string of the molecule is O=S(=O)(NCC(F)(F)F)N[C@H]1[C@@H]2CC[C@H]1Cc1ccc(-c3cn(-c4ccc(F)cc4)cn3)cc1C2. The number of alkyl halides is 3. The van der Waals surface area contributed by atoms with Gasteiger partial charge in [-0.1, -0.05) is 12.1 Å². The normalized spacial score (nSPS) is 22.1. The molecule has 3 atom stereocenters. The number of halogens is 4. The molecular formula is C24H24F4N4O2S. The predicted molar refractivity (Wildman–Crippen MR) is 122 cm³/mol. The maximum absolute atomic E-state index is 13.2. The van der Waals surface area contributed by atoms with Crippen molar-refractivity contribution in [2.75, 3.05) is 6.54 Å². The third-order valence-electron chi connectivity index (χ3n) is 6.85. The van der Waals surface area contributed by atoms with Crippen molar-refractivity contribution >= 4 is 10.2 Å².